The summed E-state index contributed by atoms with van der Waals surface area (Å²) in [4.78, 5) is 28.7. The van der Waals surface area contributed by atoms with Gasteiger partial charge in [-0.15, -0.1) is 10.2 Å². The first-order valence-corrected chi connectivity index (χ1v) is 8.93. The van der Waals surface area contributed by atoms with E-state index in [1.165, 1.54) is 30.1 Å². The fourth-order valence-electron chi connectivity index (χ4n) is 2.95. The molecule has 0 saturated heterocycles. The average molecular weight is 453 g/mol. The third kappa shape index (κ3) is 3.55. The lowest BCUT2D eigenvalue weighted by Crippen LogP contribution is -2.29. The van der Waals surface area contributed by atoms with Crippen LogP contribution in [0.25, 0.3) is 28.1 Å². The van der Waals surface area contributed by atoms with E-state index in [0.29, 0.717) is 16.1 Å². The predicted octanol–water partition coefficient (Wildman–Crippen LogP) is 0.726. The Bertz CT molecular complexity index is 1360. The number of H-pyrrole nitrogens is 2. The van der Waals surface area contributed by atoms with Crippen molar-refractivity contribution in [1.82, 2.24) is 24.7 Å². The Hall–Kier alpha value is -3.25. The monoisotopic (exact) mass is 452 g/mol. The Kier molecular flexibility index (Phi) is 5.89. The van der Waals surface area contributed by atoms with Crippen molar-refractivity contribution < 1.29 is 14.9 Å². The van der Waals surface area contributed by atoms with E-state index in [9.17, 15) is 14.8 Å². The molecule has 4 N–H and O–H groups in total. The van der Waals surface area contributed by atoms with Gasteiger partial charge < -0.3 is 25.4 Å². The Labute approximate surface area is 177 Å². The van der Waals surface area contributed by atoms with Crippen molar-refractivity contribution >= 4 is 34.2 Å². The SMILES string of the molecule is COCc1nnc(-c2ccc[n+]([O-])c2)n1-c1c(Cl)c(Cl)cc2[nH]c(=O)c(=O)[nH]c12.O. The smallest absolute Gasteiger partial charge is 0.314 e. The van der Waals surface area contributed by atoms with Crippen molar-refractivity contribution in [3.8, 4) is 17.1 Å². The number of aromatic amines is 2. The predicted molar refractivity (Wildman–Crippen MR) is 109 cm³/mol. The second-order valence-corrected chi connectivity index (χ2v) is 6.80. The Morgan fingerprint density at radius 1 is 1.23 bits per heavy atom. The number of nitrogens with one attached hydrogen (secondary N) is 2. The maximum atomic E-state index is 12.0. The minimum Gasteiger partial charge on any atom is -0.619 e. The summed E-state index contributed by atoms with van der Waals surface area (Å²) < 4.78 is 7.32. The van der Waals surface area contributed by atoms with Crippen molar-refractivity contribution in [1.29, 1.82) is 0 Å². The van der Waals surface area contributed by atoms with Crippen LogP contribution in [0.2, 0.25) is 10.0 Å². The molecular weight excluding hydrogens is 439 g/mol. The standard InChI is InChI=1S/C17H12Cl2N6O4.H2O/c1-29-7-11-22-23-15(8-3-2-4-24(28)6-8)25(11)14-12(19)9(18)5-10-13(14)21-17(27)16(26)20-10;/h2-6H,7H2,1H3,(H,20,26)(H,21,27);1H2. The lowest BCUT2D eigenvalue weighted by molar-refractivity contribution is -0.604. The van der Waals surface area contributed by atoms with Gasteiger partial charge in [-0.1, -0.05) is 23.2 Å². The molecule has 11 nitrogen and oxygen atoms in total. The number of halogens is 2. The van der Waals surface area contributed by atoms with Gasteiger partial charge in [0.2, 0.25) is 0 Å². The maximum Gasteiger partial charge on any atom is 0.314 e. The van der Waals surface area contributed by atoms with E-state index in [0.717, 1.165) is 0 Å². The molecule has 0 radical (unpaired) electrons. The molecule has 13 heteroatoms. The van der Waals surface area contributed by atoms with Crippen LogP contribution in [0.4, 0.5) is 0 Å². The number of fused-ring (bicyclic) bond motifs is 1. The summed E-state index contributed by atoms with van der Waals surface area (Å²) in [5, 5.41) is 20.3. The summed E-state index contributed by atoms with van der Waals surface area (Å²) >= 11 is 12.8. The molecule has 4 aromatic rings. The van der Waals surface area contributed by atoms with Crippen LogP contribution >= 0.6 is 23.2 Å². The molecule has 30 heavy (non-hydrogen) atoms. The maximum absolute atomic E-state index is 12.0. The molecule has 0 atom stereocenters. The normalized spacial score (nSPS) is 10.9. The van der Waals surface area contributed by atoms with E-state index in [1.807, 2.05) is 0 Å². The second-order valence-electron chi connectivity index (χ2n) is 6.01. The fourth-order valence-corrected chi connectivity index (χ4v) is 3.38. The molecule has 1 aromatic carbocycles. The number of pyridine rings is 1. The third-order valence-electron chi connectivity index (χ3n) is 4.15. The molecule has 3 aromatic heterocycles. The minimum absolute atomic E-state index is 0. The summed E-state index contributed by atoms with van der Waals surface area (Å²) in [6.45, 7) is 0.0507. The van der Waals surface area contributed by atoms with Gasteiger partial charge >= 0.3 is 11.1 Å². The number of methoxy groups -OCH3 is 1. The topological polar surface area (TPSA) is 164 Å². The first-order chi connectivity index (χ1) is 13.9. The van der Waals surface area contributed by atoms with Gasteiger partial charge in [0.15, 0.2) is 24.0 Å². The molecular formula is C17H14Cl2N6O5. The third-order valence-corrected chi connectivity index (χ3v) is 4.93. The fraction of sp³-hybridized carbons (Fsp3) is 0.118. The van der Waals surface area contributed by atoms with Gasteiger partial charge in [-0.3, -0.25) is 14.2 Å². The summed E-state index contributed by atoms with van der Waals surface area (Å²) in [6, 6.07) is 4.64. The number of benzene rings is 1. The zero-order valence-corrected chi connectivity index (χ0v) is 16.8. The van der Waals surface area contributed by atoms with Crippen LogP contribution in [0.1, 0.15) is 5.82 Å². The highest BCUT2D eigenvalue weighted by Gasteiger charge is 2.23. The van der Waals surface area contributed by atoms with Gasteiger partial charge in [-0.25, -0.2) is 0 Å². The molecule has 0 saturated carbocycles. The summed E-state index contributed by atoms with van der Waals surface area (Å²) in [7, 11) is 1.48. The molecule has 0 aliphatic carbocycles. The first-order valence-electron chi connectivity index (χ1n) is 8.18. The minimum atomic E-state index is -0.864. The molecule has 156 valence electrons. The highest BCUT2D eigenvalue weighted by molar-refractivity contribution is 6.44. The van der Waals surface area contributed by atoms with Crippen molar-refractivity contribution in [3.05, 3.63) is 72.4 Å². The number of hydrogen-bond acceptors (Lipinski definition) is 6. The van der Waals surface area contributed by atoms with E-state index < -0.39 is 11.1 Å². The number of ether oxygens (including phenoxy) is 1. The van der Waals surface area contributed by atoms with Crippen LogP contribution in [-0.2, 0) is 11.3 Å². The molecule has 3 heterocycles. The molecule has 4 rings (SSSR count). The molecule has 0 spiro atoms. The quantitative estimate of drug-likeness (QED) is 0.263. The molecule has 0 fully saturated rings. The zero-order chi connectivity index (χ0) is 20.7. The van der Waals surface area contributed by atoms with E-state index in [2.05, 4.69) is 20.2 Å². The van der Waals surface area contributed by atoms with Gasteiger partial charge in [0.1, 0.15) is 6.61 Å². The molecule has 0 aliphatic heterocycles. The lowest BCUT2D eigenvalue weighted by Gasteiger charge is -2.15. The van der Waals surface area contributed by atoms with Crippen molar-refractivity contribution in [2.75, 3.05) is 7.11 Å². The Balaban J connectivity index is 0.00000256. The van der Waals surface area contributed by atoms with Crippen LogP contribution in [0.5, 0.6) is 0 Å². The number of hydrogen-bond donors (Lipinski definition) is 2. The Morgan fingerprint density at radius 2 is 1.97 bits per heavy atom. The van der Waals surface area contributed by atoms with Gasteiger partial charge in [0.05, 0.1) is 32.3 Å². The first kappa shape index (κ1) is 21.5. The highest BCUT2D eigenvalue weighted by Crippen LogP contribution is 2.36. The largest absolute Gasteiger partial charge is 0.619 e. The van der Waals surface area contributed by atoms with Crippen LogP contribution in [0, 0.1) is 5.21 Å². The molecule has 0 aliphatic rings. The highest BCUT2D eigenvalue weighted by atomic mass is 35.5. The van der Waals surface area contributed by atoms with Crippen molar-refractivity contribution in [2.45, 2.75) is 6.61 Å². The van der Waals surface area contributed by atoms with Crippen LogP contribution < -0.4 is 15.8 Å². The Morgan fingerprint density at radius 3 is 2.67 bits per heavy atom. The van der Waals surface area contributed by atoms with Crippen LogP contribution in [0.3, 0.4) is 0 Å². The number of rotatable bonds is 4. The summed E-state index contributed by atoms with van der Waals surface area (Å²) in [5.74, 6) is 0.598. The van der Waals surface area contributed by atoms with Crippen LogP contribution in [0.15, 0.2) is 40.2 Å². The van der Waals surface area contributed by atoms with Gasteiger partial charge in [-0.2, -0.15) is 4.73 Å². The number of aromatic nitrogens is 6. The van der Waals surface area contributed by atoms with Gasteiger partial charge in [-0.05, 0) is 12.1 Å². The van der Waals surface area contributed by atoms with Crippen molar-refractivity contribution in [2.24, 2.45) is 0 Å². The molecule has 0 amide bonds. The summed E-state index contributed by atoms with van der Waals surface area (Å²) in [5.41, 5.74) is -0.554. The second kappa shape index (κ2) is 8.24. The van der Waals surface area contributed by atoms with E-state index >= 15 is 0 Å². The van der Waals surface area contributed by atoms with Crippen molar-refractivity contribution in [3.63, 3.8) is 0 Å². The zero-order valence-electron chi connectivity index (χ0n) is 15.3. The molecule has 0 unspecified atom stereocenters. The lowest BCUT2D eigenvalue weighted by atomic mass is 10.2. The number of nitrogens with zero attached hydrogens (tertiary/aromatic N) is 4. The van der Waals surface area contributed by atoms with Crippen LogP contribution in [-0.4, -0.2) is 37.3 Å². The summed E-state index contributed by atoms with van der Waals surface area (Å²) in [6.07, 6.45) is 2.63. The van der Waals surface area contributed by atoms with E-state index in [4.69, 9.17) is 27.9 Å². The van der Waals surface area contributed by atoms with Gasteiger partial charge in [0, 0.05) is 13.2 Å². The van der Waals surface area contributed by atoms with E-state index in [1.54, 1.807) is 12.1 Å². The van der Waals surface area contributed by atoms with Gasteiger partial charge in [0.25, 0.3) is 0 Å². The van der Waals surface area contributed by atoms with E-state index in [-0.39, 0.29) is 44.7 Å². The molecule has 0 bridgehead atoms. The average Bonchev–Trinajstić information content (AvgIpc) is 3.08.